The van der Waals surface area contributed by atoms with Gasteiger partial charge in [-0.05, 0) is 45.3 Å². The highest BCUT2D eigenvalue weighted by atomic mass is 16.5. The first-order chi connectivity index (χ1) is 7.81. The molecule has 2 rings (SSSR count). The van der Waals surface area contributed by atoms with E-state index in [2.05, 4.69) is 10.2 Å². The molecule has 1 unspecified atom stereocenters. The molecule has 92 valence electrons. The maximum Gasteiger partial charge on any atom is 0.308 e. The van der Waals surface area contributed by atoms with Gasteiger partial charge in [0.25, 0.3) is 0 Å². The number of carbonyl (C=O) groups excluding carboxylic acids is 1. The molecule has 0 aromatic carbocycles. The lowest BCUT2D eigenvalue weighted by Gasteiger charge is -2.38. The number of carbonyl (C=O) groups is 1. The van der Waals surface area contributed by atoms with Crippen molar-refractivity contribution in [1.82, 2.24) is 10.2 Å². The molecule has 2 saturated heterocycles. The second-order valence-corrected chi connectivity index (χ2v) is 4.83. The summed E-state index contributed by atoms with van der Waals surface area (Å²) in [6.45, 7) is 4.37. The third-order valence-electron chi connectivity index (χ3n) is 3.85. The average molecular weight is 226 g/mol. The molecule has 2 heterocycles. The third-order valence-corrected chi connectivity index (χ3v) is 3.85. The van der Waals surface area contributed by atoms with Crippen LogP contribution in [0.5, 0.6) is 0 Å². The number of methoxy groups -OCH3 is 1. The fourth-order valence-corrected chi connectivity index (χ4v) is 2.81. The van der Waals surface area contributed by atoms with Crippen LogP contribution in [0.3, 0.4) is 0 Å². The molecule has 0 radical (unpaired) electrons. The van der Waals surface area contributed by atoms with Gasteiger partial charge in [0.2, 0.25) is 0 Å². The number of hydrogen-bond acceptors (Lipinski definition) is 4. The van der Waals surface area contributed by atoms with Gasteiger partial charge in [0.05, 0.1) is 13.0 Å². The van der Waals surface area contributed by atoms with Crippen LogP contribution in [0, 0.1) is 5.92 Å². The van der Waals surface area contributed by atoms with Crippen molar-refractivity contribution in [3.8, 4) is 0 Å². The van der Waals surface area contributed by atoms with Gasteiger partial charge in [-0.15, -0.1) is 0 Å². The number of rotatable bonds is 2. The summed E-state index contributed by atoms with van der Waals surface area (Å²) < 4.78 is 4.80. The Balaban J connectivity index is 1.78. The SMILES string of the molecule is COC(=O)C1CCN(C2CCCNC2)CC1. The van der Waals surface area contributed by atoms with E-state index in [4.69, 9.17) is 4.74 Å². The van der Waals surface area contributed by atoms with E-state index < -0.39 is 0 Å². The summed E-state index contributed by atoms with van der Waals surface area (Å²) in [5, 5.41) is 3.44. The Hall–Kier alpha value is -0.610. The average Bonchev–Trinajstić information content (AvgIpc) is 2.39. The van der Waals surface area contributed by atoms with Gasteiger partial charge in [0, 0.05) is 12.6 Å². The minimum atomic E-state index is -0.0265. The minimum absolute atomic E-state index is 0.0265. The van der Waals surface area contributed by atoms with Crippen molar-refractivity contribution >= 4 is 5.97 Å². The van der Waals surface area contributed by atoms with Gasteiger partial charge >= 0.3 is 5.97 Å². The Morgan fingerprint density at radius 2 is 2.06 bits per heavy atom. The van der Waals surface area contributed by atoms with Crippen molar-refractivity contribution < 1.29 is 9.53 Å². The first kappa shape index (κ1) is 11.9. The molecule has 4 heteroatoms. The van der Waals surface area contributed by atoms with E-state index in [-0.39, 0.29) is 11.9 Å². The van der Waals surface area contributed by atoms with Crippen molar-refractivity contribution in [2.24, 2.45) is 5.92 Å². The van der Waals surface area contributed by atoms with Crippen LogP contribution in [-0.2, 0) is 9.53 Å². The zero-order valence-electron chi connectivity index (χ0n) is 10.1. The predicted octanol–water partition coefficient (Wildman–Crippen LogP) is 0.623. The lowest BCUT2D eigenvalue weighted by Crippen LogP contribution is -2.49. The molecule has 1 N–H and O–H groups in total. The predicted molar refractivity (Wildman–Crippen MR) is 62.2 cm³/mol. The van der Waals surface area contributed by atoms with Gasteiger partial charge in [-0.1, -0.05) is 0 Å². The van der Waals surface area contributed by atoms with E-state index in [1.165, 1.54) is 20.0 Å². The topological polar surface area (TPSA) is 41.6 Å². The van der Waals surface area contributed by atoms with Gasteiger partial charge in [-0.3, -0.25) is 9.69 Å². The van der Waals surface area contributed by atoms with Crippen molar-refractivity contribution in [2.45, 2.75) is 31.7 Å². The number of esters is 1. The first-order valence-electron chi connectivity index (χ1n) is 6.34. The van der Waals surface area contributed by atoms with Crippen LogP contribution < -0.4 is 5.32 Å². The molecule has 1 atom stereocenters. The number of nitrogens with one attached hydrogen (secondary N) is 1. The molecular formula is C12H22N2O2. The van der Waals surface area contributed by atoms with E-state index in [9.17, 15) is 4.79 Å². The fourth-order valence-electron chi connectivity index (χ4n) is 2.81. The van der Waals surface area contributed by atoms with Crippen LogP contribution >= 0.6 is 0 Å². The van der Waals surface area contributed by atoms with E-state index in [0.717, 1.165) is 39.0 Å². The summed E-state index contributed by atoms with van der Waals surface area (Å²) >= 11 is 0. The minimum Gasteiger partial charge on any atom is -0.469 e. The van der Waals surface area contributed by atoms with Gasteiger partial charge in [0.15, 0.2) is 0 Å². The van der Waals surface area contributed by atoms with Gasteiger partial charge in [0.1, 0.15) is 0 Å². The summed E-state index contributed by atoms with van der Waals surface area (Å²) in [4.78, 5) is 13.9. The molecule has 2 aliphatic heterocycles. The number of piperidine rings is 2. The summed E-state index contributed by atoms with van der Waals surface area (Å²) in [6, 6.07) is 0.687. The molecule has 0 spiro atoms. The third kappa shape index (κ3) is 2.74. The lowest BCUT2D eigenvalue weighted by molar-refractivity contribution is -0.147. The second-order valence-electron chi connectivity index (χ2n) is 4.83. The maximum absolute atomic E-state index is 11.4. The fraction of sp³-hybridized carbons (Fsp3) is 0.917. The Kier molecular flexibility index (Phi) is 4.18. The van der Waals surface area contributed by atoms with E-state index in [1.54, 1.807) is 0 Å². The van der Waals surface area contributed by atoms with Crippen molar-refractivity contribution in [1.29, 1.82) is 0 Å². The van der Waals surface area contributed by atoms with Crippen LogP contribution in [0.25, 0.3) is 0 Å². The van der Waals surface area contributed by atoms with Crippen molar-refractivity contribution in [3.63, 3.8) is 0 Å². The highest BCUT2D eigenvalue weighted by Crippen LogP contribution is 2.22. The molecular weight excluding hydrogens is 204 g/mol. The Bertz CT molecular complexity index is 231. The summed E-state index contributed by atoms with van der Waals surface area (Å²) in [5.41, 5.74) is 0. The van der Waals surface area contributed by atoms with Gasteiger partial charge in [-0.2, -0.15) is 0 Å². The molecule has 2 aliphatic rings. The van der Waals surface area contributed by atoms with Crippen LogP contribution in [0.15, 0.2) is 0 Å². The van der Waals surface area contributed by atoms with E-state index >= 15 is 0 Å². The molecule has 16 heavy (non-hydrogen) atoms. The lowest BCUT2D eigenvalue weighted by atomic mass is 9.94. The van der Waals surface area contributed by atoms with Crippen molar-refractivity contribution in [3.05, 3.63) is 0 Å². The summed E-state index contributed by atoms with van der Waals surface area (Å²) in [6.07, 6.45) is 4.50. The monoisotopic (exact) mass is 226 g/mol. The quantitative estimate of drug-likeness (QED) is 0.701. The van der Waals surface area contributed by atoms with E-state index in [0.29, 0.717) is 6.04 Å². The molecule has 0 aliphatic carbocycles. The van der Waals surface area contributed by atoms with Crippen LogP contribution in [0.4, 0.5) is 0 Å². The van der Waals surface area contributed by atoms with Crippen LogP contribution in [0.2, 0.25) is 0 Å². The molecule has 0 saturated carbocycles. The largest absolute Gasteiger partial charge is 0.469 e. The highest BCUT2D eigenvalue weighted by Gasteiger charge is 2.29. The van der Waals surface area contributed by atoms with Crippen LogP contribution in [0.1, 0.15) is 25.7 Å². The molecule has 0 aromatic rings. The van der Waals surface area contributed by atoms with E-state index in [1.807, 2.05) is 0 Å². The number of ether oxygens (including phenoxy) is 1. The number of likely N-dealkylation sites (tertiary alicyclic amines) is 1. The van der Waals surface area contributed by atoms with Crippen LogP contribution in [-0.4, -0.2) is 50.2 Å². The summed E-state index contributed by atoms with van der Waals surface area (Å²) in [5.74, 6) is 0.110. The summed E-state index contributed by atoms with van der Waals surface area (Å²) in [7, 11) is 1.49. The maximum atomic E-state index is 11.4. The first-order valence-corrected chi connectivity index (χ1v) is 6.34. The number of hydrogen-bond donors (Lipinski definition) is 1. The smallest absolute Gasteiger partial charge is 0.308 e. The Labute approximate surface area is 97.3 Å². The number of nitrogens with zero attached hydrogens (tertiary/aromatic N) is 1. The molecule has 0 aromatic heterocycles. The normalized spacial score (nSPS) is 28.9. The molecule has 2 fully saturated rings. The second kappa shape index (κ2) is 5.64. The molecule has 0 amide bonds. The zero-order valence-corrected chi connectivity index (χ0v) is 10.1. The zero-order chi connectivity index (χ0) is 11.4. The highest BCUT2D eigenvalue weighted by molar-refractivity contribution is 5.72. The Morgan fingerprint density at radius 1 is 1.31 bits per heavy atom. The standard InChI is InChI=1S/C12H22N2O2/c1-16-12(15)10-4-7-14(8-5-10)11-3-2-6-13-9-11/h10-11,13H,2-9H2,1H3. The Morgan fingerprint density at radius 3 is 2.62 bits per heavy atom. The van der Waals surface area contributed by atoms with Gasteiger partial charge in [-0.25, -0.2) is 0 Å². The van der Waals surface area contributed by atoms with Crippen molar-refractivity contribution in [2.75, 3.05) is 33.3 Å². The molecule has 4 nitrogen and oxygen atoms in total. The molecule has 0 bridgehead atoms. The van der Waals surface area contributed by atoms with Gasteiger partial charge < -0.3 is 10.1 Å².